The molecule has 0 aromatic carbocycles. The maximum Gasteiger partial charge on any atom is 0.410 e. The van der Waals surface area contributed by atoms with Crippen molar-refractivity contribution in [3.63, 3.8) is 0 Å². The Bertz CT molecular complexity index is 246. The monoisotopic (exact) mass is 171 g/mol. The molecule has 0 unspecified atom stereocenters. The topological polar surface area (TPSA) is 66.8 Å². The lowest BCUT2D eigenvalue weighted by atomic mass is 10.2. The van der Waals surface area contributed by atoms with Crippen LogP contribution in [-0.2, 0) is 9.53 Å². The number of ether oxygens (including phenoxy) is 1. The van der Waals surface area contributed by atoms with Crippen molar-refractivity contribution >= 4 is 12.1 Å². The van der Waals surface area contributed by atoms with Crippen molar-refractivity contribution < 1.29 is 19.4 Å². The Hall–Kier alpha value is -1.26. The van der Waals surface area contributed by atoms with Crippen LogP contribution >= 0.6 is 0 Å². The number of amides is 1. The van der Waals surface area contributed by atoms with E-state index in [9.17, 15) is 9.59 Å². The molecule has 12 heavy (non-hydrogen) atoms. The van der Waals surface area contributed by atoms with Crippen LogP contribution in [0, 0.1) is 0 Å². The van der Waals surface area contributed by atoms with Crippen LogP contribution in [0.4, 0.5) is 4.79 Å². The predicted octanol–water partition coefficient (Wildman–Crippen LogP) is 0.0558. The molecule has 0 spiro atoms. The quantitative estimate of drug-likeness (QED) is 0.637. The van der Waals surface area contributed by atoms with Gasteiger partial charge in [0.2, 0.25) is 0 Å². The largest absolute Gasteiger partial charge is 0.479 e. The molecule has 0 aromatic heterocycles. The number of nitrogens with zero attached hydrogens (tertiary/aromatic N) is 1. The zero-order chi connectivity index (χ0) is 8.77. The summed E-state index contributed by atoms with van der Waals surface area (Å²) in [6.07, 6.45) is 0.615. The van der Waals surface area contributed by atoms with Crippen molar-refractivity contribution in [1.82, 2.24) is 4.90 Å². The Morgan fingerprint density at radius 2 is 2.25 bits per heavy atom. The second-order valence-electron chi connectivity index (χ2n) is 3.10. The van der Waals surface area contributed by atoms with Crippen LogP contribution in [0.2, 0.25) is 0 Å². The van der Waals surface area contributed by atoms with Gasteiger partial charge in [-0.05, 0) is 12.8 Å². The van der Waals surface area contributed by atoms with Gasteiger partial charge >= 0.3 is 12.1 Å². The van der Waals surface area contributed by atoms with Crippen LogP contribution in [-0.4, -0.2) is 40.8 Å². The Kier molecular flexibility index (Phi) is 1.31. The third kappa shape index (κ3) is 0.790. The minimum atomic E-state index is -0.923. The Labute approximate surface area is 68.9 Å². The number of hydrogen-bond acceptors (Lipinski definition) is 3. The van der Waals surface area contributed by atoms with Gasteiger partial charge in [-0.1, -0.05) is 0 Å². The summed E-state index contributed by atoms with van der Waals surface area (Å²) < 4.78 is 4.67. The predicted molar refractivity (Wildman–Crippen MR) is 37.7 cm³/mol. The number of carbonyl (C=O) groups is 2. The van der Waals surface area contributed by atoms with Crippen LogP contribution in [0.5, 0.6) is 0 Å². The standard InChI is InChI=1S/C7H9NO4/c9-5(10)7(1-2-7)8-3-4-12-6(8)11/h1-4H2,(H,9,10). The molecule has 1 saturated heterocycles. The lowest BCUT2D eigenvalue weighted by molar-refractivity contribution is -0.143. The molecule has 1 saturated carbocycles. The SMILES string of the molecule is O=C1OCCN1C1(C(=O)O)CC1. The van der Waals surface area contributed by atoms with Crippen molar-refractivity contribution in [2.45, 2.75) is 18.4 Å². The first kappa shape index (κ1) is 7.39. The van der Waals surface area contributed by atoms with Crippen LogP contribution in [0.3, 0.4) is 0 Å². The number of rotatable bonds is 2. The smallest absolute Gasteiger partial charge is 0.410 e. The third-order valence-electron chi connectivity index (χ3n) is 2.40. The van der Waals surface area contributed by atoms with Gasteiger partial charge in [0.15, 0.2) is 0 Å². The molecular formula is C7H9NO4. The molecule has 2 fully saturated rings. The number of cyclic esters (lactones) is 1. The highest BCUT2D eigenvalue weighted by molar-refractivity contribution is 5.88. The minimum absolute atomic E-state index is 0.313. The zero-order valence-corrected chi connectivity index (χ0v) is 6.45. The van der Waals surface area contributed by atoms with E-state index < -0.39 is 17.6 Å². The molecule has 5 nitrogen and oxygen atoms in total. The van der Waals surface area contributed by atoms with E-state index in [0.717, 1.165) is 0 Å². The molecule has 2 aliphatic rings. The fourth-order valence-electron chi connectivity index (χ4n) is 1.50. The molecule has 5 heteroatoms. The van der Waals surface area contributed by atoms with Crippen molar-refractivity contribution in [3.8, 4) is 0 Å². The molecule has 1 amide bonds. The normalized spacial score (nSPS) is 25.3. The summed E-state index contributed by atoms with van der Waals surface area (Å²) in [4.78, 5) is 23.1. The minimum Gasteiger partial charge on any atom is -0.479 e. The lowest BCUT2D eigenvalue weighted by Gasteiger charge is -2.20. The number of aliphatic carboxylic acids is 1. The maximum atomic E-state index is 11.0. The fourth-order valence-corrected chi connectivity index (χ4v) is 1.50. The van der Waals surface area contributed by atoms with Crippen LogP contribution in [0.15, 0.2) is 0 Å². The molecule has 1 heterocycles. The van der Waals surface area contributed by atoms with E-state index in [1.807, 2.05) is 0 Å². The van der Waals surface area contributed by atoms with E-state index in [-0.39, 0.29) is 0 Å². The van der Waals surface area contributed by atoms with Gasteiger partial charge in [0, 0.05) is 0 Å². The molecular weight excluding hydrogens is 162 g/mol. The third-order valence-corrected chi connectivity index (χ3v) is 2.40. The van der Waals surface area contributed by atoms with E-state index in [0.29, 0.717) is 26.0 Å². The molecule has 66 valence electrons. The average molecular weight is 171 g/mol. The van der Waals surface area contributed by atoms with Gasteiger partial charge in [-0.25, -0.2) is 9.59 Å². The van der Waals surface area contributed by atoms with Gasteiger partial charge in [-0.3, -0.25) is 4.90 Å². The first-order chi connectivity index (χ1) is 5.67. The Morgan fingerprint density at radius 1 is 1.58 bits per heavy atom. The lowest BCUT2D eigenvalue weighted by Crippen LogP contribution is -2.44. The molecule has 2 rings (SSSR count). The van der Waals surface area contributed by atoms with Crippen LogP contribution in [0.1, 0.15) is 12.8 Å². The summed E-state index contributed by atoms with van der Waals surface area (Å²) in [6.45, 7) is 0.721. The molecule has 1 N–H and O–H groups in total. The van der Waals surface area contributed by atoms with Gasteiger partial charge in [0.25, 0.3) is 0 Å². The highest BCUT2D eigenvalue weighted by Crippen LogP contribution is 2.43. The van der Waals surface area contributed by atoms with E-state index in [1.54, 1.807) is 0 Å². The van der Waals surface area contributed by atoms with E-state index in [1.165, 1.54) is 4.90 Å². The molecule has 0 atom stereocenters. The van der Waals surface area contributed by atoms with E-state index >= 15 is 0 Å². The number of carbonyl (C=O) groups excluding carboxylic acids is 1. The Morgan fingerprint density at radius 3 is 2.58 bits per heavy atom. The molecule has 0 aromatic rings. The van der Waals surface area contributed by atoms with Crippen LogP contribution in [0.25, 0.3) is 0 Å². The van der Waals surface area contributed by atoms with E-state index in [4.69, 9.17) is 5.11 Å². The second-order valence-corrected chi connectivity index (χ2v) is 3.10. The van der Waals surface area contributed by atoms with Crippen molar-refractivity contribution in [3.05, 3.63) is 0 Å². The summed E-state index contributed by atoms with van der Waals surface area (Å²) in [7, 11) is 0. The first-order valence-corrected chi connectivity index (χ1v) is 3.85. The van der Waals surface area contributed by atoms with Crippen LogP contribution < -0.4 is 0 Å². The molecule has 1 aliphatic carbocycles. The van der Waals surface area contributed by atoms with Gasteiger partial charge in [-0.2, -0.15) is 0 Å². The Balaban J connectivity index is 2.18. The molecule has 1 aliphatic heterocycles. The first-order valence-electron chi connectivity index (χ1n) is 3.85. The van der Waals surface area contributed by atoms with Gasteiger partial charge in [0.05, 0.1) is 6.54 Å². The number of carboxylic acid groups (broad SMARTS) is 1. The van der Waals surface area contributed by atoms with E-state index in [2.05, 4.69) is 4.74 Å². The summed E-state index contributed by atoms with van der Waals surface area (Å²) in [5.41, 5.74) is -0.923. The average Bonchev–Trinajstić information content (AvgIpc) is 2.71. The van der Waals surface area contributed by atoms with Crippen molar-refractivity contribution in [2.24, 2.45) is 0 Å². The van der Waals surface area contributed by atoms with Gasteiger partial charge < -0.3 is 9.84 Å². The highest BCUT2D eigenvalue weighted by atomic mass is 16.6. The zero-order valence-electron chi connectivity index (χ0n) is 6.45. The summed E-state index contributed by atoms with van der Waals surface area (Å²) in [5, 5.41) is 8.83. The number of hydrogen-bond donors (Lipinski definition) is 1. The van der Waals surface area contributed by atoms with Gasteiger partial charge in [0.1, 0.15) is 12.1 Å². The summed E-state index contributed by atoms with van der Waals surface area (Å²) in [6, 6.07) is 0. The summed E-state index contributed by atoms with van der Waals surface area (Å²) >= 11 is 0. The molecule has 0 bridgehead atoms. The maximum absolute atomic E-state index is 11.0. The van der Waals surface area contributed by atoms with Gasteiger partial charge in [-0.15, -0.1) is 0 Å². The van der Waals surface area contributed by atoms with Crippen molar-refractivity contribution in [2.75, 3.05) is 13.2 Å². The second kappa shape index (κ2) is 2.12. The molecule has 0 radical (unpaired) electrons. The number of carboxylic acids is 1. The van der Waals surface area contributed by atoms with Crippen molar-refractivity contribution in [1.29, 1.82) is 0 Å². The summed E-state index contributed by atoms with van der Waals surface area (Å²) in [5.74, 6) is -0.915. The highest BCUT2D eigenvalue weighted by Gasteiger charge is 2.58. The fraction of sp³-hybridized carbons (Fsp3) is 0.714.